The molecule has 138 valence electrons. The Morgan fingerprint density at radius 3 is 2.88 bits per heavy atom. The number of aromatic nitrogens is 1. The molecular weight excluding hydrogens is 314 g/mol. The van der Waals surface area contributed by atoms with Crippen LogP contribution in [-0.2, 0) is 11.8 Å². The highest BCUT2D eigenvalue weighted by Gasteiger charge is 2.44. The maximum Gasteiger partial charge on any atom is 0.267 e. The molecule has 5 heteroatoms. The minimum absolute atomic E-state index is 0.00488. The fourth-order valence-electron chi connectivity index (χ4n) is 5.02. The largest absolute Gasteiger partial charge is 0.369 e. The predicted octanol–water partition coefficient (Wildman–Crippen LogP) is 2.71. The van der Waals surface area contributed by atoms with E-state index in [1.807, 2.05) is 29.9 Å². The van der Waals surface area contributed by atoms with Crippen molar-refractivity contribution in [2.24, 2.45) is 7.05 Å². The molecule has 1 N–H and O–H groups in total. The number of aryl methyl sites for hydroxylation is 1. The number of hydrogen-bond donors (Lipinski definition) is 1. The van der Waals surface area contributed by atoms with Crippen LogP contribution in [-0.4, -0.2) is 52.8 Å². The SMILES string of the molecule is Cn1cccc1C(=O)NC[C@@H]1CCC[C@]2(CCN(C3CCCC3)C2)O1. The molecule has 1 aromatic heterocycles. The molecule has 3 aliphatic rings. The van der Waals surface area contributed by atoms with Crippen molar-refractivity contribution < 1.29 is 9.53 Å². The summed E-state index contributed by atoms with van der Waals surface area (Å²) in [5.41, 5.74) is 0.750. The molecule has 3 heterocycles. The third-order valence-electron chi connectivity index (χ3n) is 6.43. The highest BCUT2D eigenvalue weighted by Crippen LogP contribution is 2.39. The third-order valence-corrected chi connectivity index (χ3v) is 6.43. The van der Waals surface area contributed by atoms with E-state index in [1.54, 1.807) is 0 Å². The molecule has 1 aromatic rings. The van der Waals surface area contributed by atoms with Gasteiger partial charge in [-0.3, -0.25) is 9.69 Å². The van der Waals surface area contributed by atoms with Gasteiger partial charge in [-0.25, -0.2) is 0 Å². The summed E-state index contributed by atoms with van der Waals surface area (Å²) in [6, 6.07) is 4.55. The van der Waals surface area contributed by atoms with Gasteiger partial charge in [0.15, 0.2) is 0 Å². The first-order valence-electron chi connectivity index (χ1n) is 9.97. The van der Waals surface area contributed by atoms with Crippen LogP contribution in [0.1, 0.15) is 61.9 Å². The summed E-state index contributed by atoms with van der Waals surface area (Å²) in [6.07, 6.45) is 12.2. The minimum Gasteiger partial charge on any atom is -0.369 e. The lowest BCUT2D eigenvalue weighted by molar-refractivity contribution is -0.119. The first kappa shape index (κ1) is 17.1. The lowest BCUT2D eigenvalue weighted by atomic mass is 9.90. The van der Waals surface area contributed by atoms with Crippen LogP contribution >= 0.6 is 0 Å². The van der Waals surface area contributed by atoms with Crippen LogP contribution in [0.25, 0.3) is 0 Å². The zero-order valence-corrected chi connectivity index (χ0v) is 15.4. The zero-order chi connectivity index (χ0) is 17.3. The van der Waals surface area contributed by atoms with E-state index < -0.39 is 0 Å². The second-order valence-electron chi connectivity index (χ2n) is 8.19. The van der Waals surface area contributed by atoms with E-state index in [9.17, 15) is 4.79 Å². The first-order chi connectivity index (χ1) is 12.2. The highest BCUT2D eigenvalue weighted by molar-refractivity contribution is 5.92. The Bertz CT molecular complexity index is 608. The Hall–Kier alpha value is -1.33. The smallest absolute Gasteiger partial charge is 0.267 e. The van der Waals surface area contributed by atoms with Crippen molar-refractivity contribution in [3.05, 3.63) is 24.0 Å². The van der Waals surface area contributed by atoms with Gasteiger partial charge in [0, 0.05) is 38.9 Å². The second-order valence-corrected chi connectivity index (χ2v) is 8.19. The van der Waals surface area contributed by atoms with Gasteiger partial charge in [-0.05, 0) is 50.7 Å². The average molecular weight is 345 g/mol. The van der Waals surface area contributed by atoms with Crippen LogP contribution in [0.2, 0.25) is 0 Å². The summed E-state index contributed by atoms with van der Waals surface area (Å²) < 4.78 is 8.42. The number of nitrogens with one attached hydrogen (secondary N) is 1. The molecule has 3 fully saturated rings. The maximum atomic E-state index is 12.3. The number of carbonyl (C=O) groups excluding carboxylic acids is 1. The maximum absolute atomic E-state index is 12.3. The van der Waals surface area contributed by atoms with Gasteiger partial charge in [0.05, 0.1) is 11.7 Å². The standard InChI is InChI=1S/C20H31N3O2/c1-22-12-5-9-18(22)19(24)21-14-17-8-4-10-20(25-17)11-13-23(15-20)16-6-2-3-7-16/h5,9,12,16-17H,2-4,6-8,10-11,13-15H2,1H3,(H,21,24)/t17-,20+/m0/s1. The van der Waals surface area contributed by atoms with E-state index in [-0.39, 0.29) is 17.6 Å². The quantitative estimate of drug-likeness (QED) is 0.913. The highest BCUT2D eigenvalue weighted by atomic mass is 16.5. The van der Waals surface area contributed by atoms with Crippen LogP contribution in [0.3, 0.4) is 0 Å². The van der Waals surface area contributed by atoms with Crippen LogP contribution < -0.4 is 5.32 Å². The summed E-state index contributed by atoms with van der Waals surface area (Å²) in [4.78, 5) is 15.0. The number of nitrogens with zero attached hydrogens (tertiary/aromatic N) is 2. The molecule has 0 radical (unpaired) electrons. The van der Waals surface area contributed by atoms with Gasteiger partial charge in [0.1, 0.15) is 5.69 Å². The van der Waals surface area contributed by atoms with E-state index in [0.29, 0.717) is 12.2 Å². The monoisotopic (exact) mass is 345 g/mol. The summed E-state index contributed by atoms with van der Waals surface area (Å²) in [6.45, 7) is 2.90. The molecule has 0 bridgehead atoms. The number of amides is 1. The molecule has 1 amide bonds. The topological polar surface area (TPSA) is 46.5 Å². The van der Waals surface area contributed by atoms with Crippen molar-refractivity contribution in [1.29, 1.82) is 0 Å². The second kappa shape index (κ2) is 7.12. The van der Waals surface area contributed by atoms with Crippen molar-refractivity contribution in [2.75, 3.05) is 19.6 Å². The van der Waals surface area contributed by atoms with Crippen LogP contribution in [0, 0.1) is 0 Å². The predicted molar refractivity (Wildman–Crippen MR) is 97.6 cm³/mol. The fourth-order valence-corrected chi connectivity index (χ4v) is 5.02. The Labute approximate surface area is 150 Å². The Balaban J connectivity index is 1.31. The molecule has 2 atom stereocenters. The zero-order valence-electron chi connectivity index (χ0n) is 15.4. The molecule has 25 heavy (non-hydrogen) atoms. The number of carbonyl (C=O) groups is 1. The molecule has 5 nitrogen and oxygen atoms in total. The van der Waals surface area contributed by atoms with Gasteiger partial charge in [0.2, 0.25) is 0 Å². The lowest BCUT2D eigenvalue weighted by Gasteiger charge is -2.39. The average Bonchev–Trinajstić information content (AvgIpc) is 3.34. The van der Waals surface area contributed by atoms with Crippen LogP contribution in [0.5, 0.6) is 0 Å². The molecule has 0 unspecified atom stereocenters. The minimum atomic E-state index is -0.00488. The number of hydrogen-bond acceptors (Lipinski definition) is 3. The van der Waals surface area contributed by atoms with E-state index >= 15 is 0 Å². The fraction of sp³-hybridized carbons (Fsp3) is 0.750. The molecule has 2 aliphatic heterocycles. The molecule has 4 rings (SSSR count). The van der Waals surface area contributed by atoms with Gasteiger partial charge in [0.25, 0.3) is 5.91 Å². The van der Waals surface area contributed by atoms with Gasteiger partial charge < -0.3 is 14.6 Å². The molecule has 1 aliphatic carbocycles. The van der Waals surface area contributed by atoms with Crippen molar-refractivity contribution in [2.45, 2.75) is 69.1 Å². The van der Waals surface area contributed by atoms with Crippen molar-refractivity contribution in [3.8, 4) is 0 Å². The molecule has 0 aromatic carbocycles. The molecule has 2 saturated heterocycles. The van der Waals surface area contributed by atoms with Crippen LogP contribution in [0.15, 0.2) is 18.3 Å². The lowest BCUT2D eigenvalue weighted by Crippen LogP contribution is -2.47. The number of rotatable bonds is 4. The van der Waals surface area contributed by atoms with E-state index in [1.165, 1.54) is 45.1 Å². The summed E-state index contributed by atoms with van der Waals surface area (Å²) in [5.74, 6) is -0.00488. The van der Waals surface area contributed by atoms with Gasteiger partial charge in [-0.1, -0.05) is 12.8 Å². The molecular formula is C20H31N3O2. The third kappa shape index (κ3) is 3.63. The van der Waals surface area contributed by atoms with Gasteiger partial charge in [-0.15, -0.1) is 0 Å². The van der Waals surface area contributed by atoms with Crippen molar-refractivity contribution >= 4 is 5.91 Å². The summed E-state index contributed by atoms with van der Waals surface area (Å²) in [5, 5.41) is 3.07. The summed E-state index contributed by atoms with van der Waals surface area (Å²) >= 11 is 0. The normalized spacial score (nSPS) is 31.0. The van der Waals surface area contributed by atoms with Gasteiger partial charge >= 0.3 is 0 Å². The molecule has 1 saturated carbocycles. The first-order valence-corrected chi connectivity index (χ1v) is 9.97. The van der Waals surface area contributed by atoms with Crippen molar-refractivity contribution in [3.63, 3.8) is 0 Å². The van der Waals surface area contributed by atoms with E-state index in [0.717, 1.165) is 25.4 Å². The number of likely N-dealkylation sites (tertiary alicyclic amines) is 1. The summed E-state index contributed by atoms with van der Waals surface area (Å²) in [7, 11) is 1.90. The molecule has 1 spiro atoms. The van der Waals surface area contributed by atoms with Crippen molar-refractivity contribution in [1.82, 2.24) is 14.8 Å². The Kier molecular flexibility index (Phi) is 4.87. The van der Waals surface area contributed by atoms with Crippen LogP contribution in [0.4, 0.5) is 0 Å². The Morgan fingerprint density at radius 2 is 2.12 bits per heavy atom. The number of ether oxygens (including phenoxy) is 1. The van der Waals surface area contributed by atoms with E-state index in [2.05, 4.69) is 10.2 Å². The van der Waals surface area contributed by atoms with Gasteiger partial charge in [-0.2, -0.15) is 0 Å². The van der Waals surface area contributed by atoms with E-state index in [4.69, 9.17) is 4.74 Å². The Morgan fingerprint density at radius 1 is 1.28 bits per heavy atom.